The van der Waals surface area contributed by atoms with E-state index in [2.05, 4.69) is 41.5 Å². The summed E-state index contributed by atoms with van der Waals surface area (Å²) in [7, 11) is -9.89. The second-order valence-electron chi connectivity index (χ2n) is 24.5. The molecular formula is C65H126O17P2. The molecule has 0 aliphatic heterocycles. The molecule has 0 spiro atoms. The summed E-state index contributed by atoms with van der Waals surface area (Å²) in [6.45, 7) is 9.39. The van der Waals surface area contributed by atoms with E-state index in [4.69, 9.17) is 37.0 Å². The van der Waals surface area contributed by atoms with Gasteiger partial charge in [0.15, 0.2) is 12.2 Å². The molecule has 0 saturated carbocycles. The second kappa shape index (κ2) is 57.5. The molecule has 0 aromatic carbocycles. The van der Waals surface area contributed by atoms with Gasteiger partial charge in [-0.3, -0.25) is 37.3 Å². The smallest absolute Gasteiger partial charge is 0.462 e. The van der Waals surface area contributed by atoms with Gasteiger partial charge in [-0.15, -0.1) is 0 Å². The summed E-state index contributed by atoms with van der Waals surface area (Å²) in [4.78, 5) is 72.2. The molecule has 5 atom stereocenters. The average Bonchev–Trinajstić information content (AvgIpc) is 3.49. The summed E-state index contributed by atoms with van der Waals surface area (Å²) in [6.07, 6.45) is 40.4. The van der Waals surface area contributed by atoms with Crippen LogP contribution in [-0.2, 0) is 65.4 Å². The maximum atomic E-state index is 13.0. The minimum atomic E-state index is -4.94. The predicted molar refractivity (Wildman–Crippen MR) is 335 cm³/mol. The Hall–Kier alpha value is -1.94. The number of hydrogen-bond acceptors (Lipinski definition) is 15. The second-order valence-corrected chi connectivity index (χ2v) is 27.4. The molecule has 0 aliphatic rings. The lowest BCUT2D eigenvalue weighted by atomic mass is 10.0. The molecule has 498 valence electrons. The topological polar surface area (TPSA) is 237 Å². The summed E-state index contributed by atoms with van der Waals surface area (Å²) in [5, 5.41) is 10.5. The van der Waals surface area contributed by atoms with E-state index in [0.29, 0.717) is 31.6 Å². The summed E-state index contributed by atoms with van der Waals surface area (Å²) in [5.41, 5.74) is 0. The minimum absolute atomic E-state index is 0.106. The van der Waals surface area contributed by atoms with Crippen molar-refractivity contribution in [2.45, 2.75) is 342 Å². The van der Waals surface area contributed by atoms with Crippen molar-refractivity contribution in [1.29, 1.82) is 0 Å². The lowest BCUT2D eigenvalue weighted by molar-refractivity contribution is -0.161. The van der Waals surface area contributed by atoms with Crippen LogP contribution in [0, 0.1) is 11.8 Å². The number of esters is 4. The number of carbonyl (C=O) groups is 4. The lowest BCUT2D eigenvalue weighted by Gasteiger charge is -2.21. The fourth-order valence-corrected chi connectivity index (χ4v) is 11.3. The van der Waals surface area contributed by atoms with E-state index < -0.39 is 97.5 Å². The molecule has 84 heavy (non-hydrogen) atoms. The van der Waals surface area contributed by atoms with Crippen molar-refractivity contribution in [1.82, 2.24) is 0 Å². The van der Waals surface area contributed by atoms with Gasteiger partial charge in [-0.25, -0.2) is 9.13 Å². The number of rotatable bonds is 64. The largest absolute Gasteiger partial charge is 0.472 e. The maximum Gasteiger partial charge on any atom is 0.472 e. The van der Waals surface area contributed by atoms with Gasteiger partial charge in [0.05, 0.1) is 26.4 Å². The molecule has 0 saturated heterocycles. The number of aliphatic hydroxyl groups is 1. The highest BCUT2D eigenvalue weighted by molar-refractivity contribution is 7.47. The van der Waals surface area contributed by atoms with Crippen LogP contribution in [0.4, 0.5) is 0 Å². The molecule has 0 aliphatic carbocycles. The Morgan fingerprint density at radius 3 is 0.810 bits per heavy atom. The van der Waals surface area contributed by atoms with E-state index >= 15 is 0 Å². The van der Waals surface area contributed by atoms with Gasteiger partial charge < -0.3 is 33.8 Å². The monoisotopic (exact) mass is 1240 g/mol. The number of aliphatic hydroxyl groups excluding tert-OH is 1. The van der Waals surface area contributed by atoms with E-state index in [1.165, 1.54) is 135 Å². The number of phosphoric acid groups is 2. The molecule has 0 fully saturated rings. The Balaban J connectivity index is 5.24. The van der Waals surface area contributed by atoms with Crippen molar-refractivity contribution >= 4 is 39.5 Å². The van der Waals surface area contributed by atoms with Crippen LogP contribution in [0.2, 0.25) is 0 Å². The fraction of sp³-hybridized carbons (Fsp3) is 0.938. The van der Waals surface area contributed by atoms with Gasteiger partial charge in [0.2, 0.25) is 0 Å². The van der Waals surface area contributed by atoms with Crippen LogP contribution in [0.15, 0.2) is 0 Å². The number of carbonyl (C=O) groups excluding carboxylic acids is 4. The normalized spacial score (nSPS) is 14.3. The van der Waals surface area contributed by atoms with E-state index in [1.54, 1.807) is 0 Å². The molecule has 0 aromatic rings. The molecule has 0 radical (unpaired) electrons. The average molecular weight is 1240 g/mol. The Kier molecular flexibility index (Phi) is 56.2. The third-order valence-corrected chi connectivity index (χ3v) is 16.9. The quantitative estimate of drug-likeness (QED) is 0.0222. The lowest BCUT2D eigenvalue weighted by Crippen LogP contribution is -2.30. The Labute approximate surface area is 511 Å². The van der Waals surface area contributed by atoms with Crippen LogP contribution < -0.4 is 0 Å². The summed E-state index contributed by atoms with van der Waals surface area (Å²) in [6, 6.07) is 0. The highest BCUT2D eigenvalue weighted by Crippen LogP contribution is 2.45. The third kappa shape index (κ3) is 59.0. The maximum absolute atomic E-state index is 13.0. The number of hydrogen-bond donors (Lipinski definition) is 3. The molecule has 19 heteroatoms. The zero-order chi connectivity index (χ0) is 62.2. The van der Waals surface area contributed by atoms with Gasteiger partial charge in [0, 0.05) is 25.7 Å². The molecular weight excluding hydrogens is 1110 g/mol. The number of ether oxygens (including phenoxy) is 4. The van der Waals surface area contributed by atoms with Crippen LogP contribution in [0.5, 0.6) is 0 Å². The van der Waals surface area contributed by atoms with Crippen LogP contribution in [0.1, 0.15) is 324 Å². The zero-order valence-corrected chi connectivity index (χ0v) is 56.0. The minimum Gasteiger partial charge on any atom is -0.462 e. The Morgan fingerprint density at radius 2 is 0.548 bits per heavy atom. The molecule has 0 bridgehead atoms. The number of phosphoric ester groups is 2. The first-order valence-electron chi connectivity index (χ1n) is 34.0. The van der Waals surface area contributed by atoms with Gasteiger partial charge in [-0.05, 0) is 37.5 Å². The van der Waals surface area contributed by atoms with Crippen LogP contribution >= 0.6 is 15.6 Å². The van der Waals surface area contributed by atoms with Crippen molar-refractivity contribution < 1.29 is 80.2 Å². The van der Waals surface area contributed by atoms with Crippen molar-refractivity contribution in [3.63, 3.8) is 0 Å². The van der Waals surface area contributed by atoms with Crippen molar-refractivity contribution in [2.75, 3.05) is 39.6 Å². The first kappa shape index (κ1) is 82.1. The zero-order valence-electron chi connectivity index (χ0n) is 54.2. The fourth-order valence-electron chi connectivity index (χ4n) is 9.71. The third-order valence-electron chi connectivity index (χ3n) is 15.0. The van der Waals surface area contributed by atoms with Crippen LogP contribution in [-0.4, -0.2) is 96.7 Å². The Morgan fingerprint density at radius 1 is 0.321 bits per heavy atom. The van der Waals surface area contributed by atoms with Gasteiger partial charge in [-0.1, -0.05) is 273 Å². The predicted octanol–water partition coefficient (Wildman–Crippen LogP) is 18.0. The standard InChI is InChI=1S/C65H126O17P2/c1-7-9-11-13-15-17-19-20-22-24-30-38-44-50-65(70)81-60(53-75-62(67)47-41-35-28-26-25-27-33-39-45-57(3)4)55-79-83(71,72)77-51-59(66)52-78-84(73,74)80-56-61(54-76-63(68)48-42-36-32-31-34-40-46-58(5)6)82-64(69)49-43-37-29-23-21-18-16-14-12-10-8-2/h57-61,66H,7-56H2,1-6H3,(H,71,72)(H,73,74)/t59-,60-,61-/m1/s1. The summed E-state index contributed by atoms with van der Waals surface area (Å²) in [5.74, 6) is -0.726. The summed E-state index contributed by atoms with van der Waals surface area (Å²) < 4.78 is 68.0. The molecule has 0 aromatic heterocycles. The molecule has 0 heterocycles. The van der Waals surface area contributed by atoms with Crippen molar-refractivity contribution in [3.05, 3.63) is 0 Å². The number of unbranched alkanes of at least 4 members (excludes halogenated alkanes) is 34. The SMILES string of the molecule is CCCCCCCCCCCCCCCC(=O)O[C@H](COC(=O)CCCCCCCCCCC(C)C)COP(=O)(O)OC[C@@H](O)COP(=O)(O)OC[C@@H](COC(=O)CCCCCCCCC(C)C)OC(=O)CCCCCCCCCCCCC. The first-order chi connectivity index (χ1) is 40.4. The highest BCUT2D eigenvalue weighted by Gasteiger charge is 2.30. The van der Waals surface area contributed by atoms with E-state index in [9.17, 15) is 43.2 Å². The van der Waals surface area contributed by atoms with E-state index in [0.717, 1.165) is 102 Å². The molecule has 0 amide bonds. The van der Waals surface area contributed by atoms with Crippen molar-refractivity contribution in [2.24, 2.45) is 11.8 Å². The first-order valence-corrected chi connectivity index (χ1v) is 37.0. The van der Waals surface area contributed by atoms with Gasteiger partial charge in [0.1, 0.15) is 19.3 Å². The molecule has 3 N–H and O–H groups in total. The summed E-state index contributed by atoms with van der Waals surface area (Å²) >= 11 is 0. The molecule has 17 nitrogen and oxygen atoms in total. The highest BCUT2D eigenvalue weighted by atomic mass is 31.2. The van der Waals surface area contributed by atoms with Gasteiger partial charge in [0.25, 0.3) is 0 Å². The Bertz CT molecular complexity index is 1650. The van der Waals surface area contributed by atoms with Gasteiger partial charge >= 0.3 is 39.5 Å². The van der Waals surface area contributed by atoms with Gasteiger partial charge in [-0.2, -0.15) is 0 Å². The van der Waals surface area contributed by atoms with Crippen LogP contribution in [0.25, 0.3) is 0 Å². The van der Waals surface area contributed by atoms with Crippen LogP contribution in [0.3, 0.4) is 0 Å². The molecule has 0 rings (SSSR count). The van der Waals surface area contributed by atoms with Crippen molar-refractivity contribution in [3.8, 4) is 0 Å². The van der Waals surface area contributed by atoms with E-state index in [-0.39, 0.29) is 25.7 Å². The molecule has 2 unspecified atom stereocenters. The van der Waals surface area contributed by atoms with E-state index in [1.807, 2.05) is 0 Å².